The fourth-order valence-electron chi connectivity index (χ4n) is 3.16. The van der Waals surface area contributed by atoms with Crippen molar-refractivity contribution in [1.82, 2.24) is 15.0 Å². The molecule has 0 aliphatic carbocycles. The second-order valence-electron chi connectivity index (χ2n) is 7.51. The van der Waals surface area contributed by atoms with Crippen LogP contribution >= 0.6 is 23.2 Å². The molecule has 0 spiro atoms. The minimum Gasteiger partial charge on any atom is -0.477 e. The monoisotopic (exact) mass is 630 g/mol. The Morgan fingerprint density at radius 1 is 0.950 bits per heavy atom. The van der Waals surface area contributed by atoms with Gasteiger partial charge in [-0.3, -0.25) is 13.9 Å². The Kier molecular flexibility index (Phi) is 7.78. The number of aliphatic carboxylic acids is 1. The molecule has 0 radical (unpaired) electrons. The molecule has 4 N–H and O–H groups in total. The number of benzene rings is 2. The van der Waals surface area contributed by atoms with Gasteiger partial charge in [0.05, 0.1) is 10.6 Å². The number of hydrogen-bond acceptors (Lipinski definition) is 13. The first-order chi connectivity index (χ1) is 18.6. The first-order valence-electron chi connectivity index (χ1n) is 10.2. The van der Waals surface area contributed by atoms with E-state index in [4.69, 9.17) is 27.8 Å². The van der Waals surface area contributed by atoms with Gasteiger partial charge in [0.1, 0.15) is 10.6 Å². The Morgan fingerprint density at radius 3 is 2.12 bits per heavy atom. The van der Waals surface area contributed by atoms with Crippen LogP contribution in [-0.4, -0.2) is 69.6 Å². The first kappa shape index (κ1) is 28.9. The summed E-state index contributed by atoms with van der Waals surface area (Å²) in [5, 5.41) is 23.2. The average Bonchev–Trinajstić information content (AvgIpc) is 3.18. The lowest BCUT2D eigenvalue weighted by Gasteiger charge is -2.12. The van der Waals surface area contributed by atoms with E-state index in [1.807, 2.05) is 0 Å². The topological polar surface area (TPSA) is 254 Å². The van der Waals surface area contributed by atoms with Crippen LogP contribution in [0.2, 0.25) is 10.6 Å². The van der Waals surface area contributed by atoms with Gasteiger partial charge in [0.25, 0.3) is 26.1 Å². The maximum absolute atomic E-state index is 12.9. The highest BCUT2D eigenvalue weighted by molar-refractivity contribution is 7.86. The van der Waals surface area contributed by atoms with Gasteiger partial charge in [-0.2, -0.15) is 52.1 Å². The number of aromatic nitrogens is 3. The molecular weight excluding hydrogens is 619 g/mol. The van der Waals surface area contributed by atoms with Crippen molar-refractivity contribution in [1.29, 1.82) is 0 Å². The number of carbonyl (C=O) groups is 2. The number of azo groups is 1. The molecule has 2 aromatic carbocycles. The lowest BCUT2D eigenvalue weighted by molar-refractivity contribution is -0.130. The van der Waals surface area contributed by atoms with E-state index in [-0.39, 0.29) is 27.9 Å². The number of hydrazone groups is 1. The average molecular weight is 631 g/mol. The lowest BCUT2D eigenvalue weighted by Crippen LogP contribution is -2.33. The van der Waals surface area contributed by atoms with Crippen molar-refractivity contribution >= 4 is 84.0 Å². The fourth-order valence-corrected chi connectivity index (χ4v) is 4.66. The molecule has 4 rings (SSSR count). The molecule has 0 saturated carbocycles. The number of hydrogen-bond donors (Lipinski definition) is 4. The van der Waals surface area contributed by atoms with Gasteiger partial charge in [0.15, 0.2) is 5.71 Å². The van der Waals surface area contributed by atoms with Gasteiger partial charge >= 0.3 is 5.97 Å². The third kappa shape index (κ3) is 6.35. The van der Waals surface area contributed by atoms with Crippen LogP contribution in [0.5, 0.6) is 0 Å². The zero-order chi connectivity index (χ0) is 29.4. The molecule has 0 saturated heterocycles. The molecule has 0 bridgehead atoms. The Labute approximate surface area is 233 Å². The molecule has 0 unspecified atom stereocenters. The van der Waals surface area contributed by atoms with E-state index in [2.05, 4.69) is 35.6 Å². The van der Waals surface area contributed by atoms with Crippen molar-refractivity contribution in [2.45, 2.75) is 15.8 Å². The lowest BCUT2D eigenvalue weighted by atomic mass is 10.2. The van der Waals surface area contributed by atoms with Crippen LogP contribution in [-0.2, 0) is 29.8 Å². The van der Waals surface area contributed by atoms with Gasteiger partial charge in [-0.15, -0.1) is 0 Å². The van der Waals surface area contributed by atoms with E-state index in [0.29, 0.717) is 5.01 Å². The molecule has 21 heteroatoms. The van der Waals surface area contributed by atoms with Gasteiger partial charge in [0.2, 0.25) is 22.6 Å². The molecule has 208 valence electrons. The summed E-state index contributed by atoms with van der Waals surface area (Å²) in [4.78, 5) is 34.4. The Morgan fingerprint density at radius 2 is 1.57 bits per heavy atom. The molecule has 1 amide bonds. The summed E-state index contributed by atoms with van der Waals surface area (Å²) in [7, 11) is -9.47. The predicted molar refractivity (Wildman–Crippen MR) is 137 cm³/mol. The molecule has 1 aliphatic heterocycles. The van der Waals surface area contributed by atoms with Crippen LogP contribution in [0.25, 0.3) is 0 Å². The maximum Gasteiger partial charge on any atom is 0.355 e. The number of anilines is 3. The smallest absolute Gasteiger partial charge is 0.355 e. The SMILES string of the molecule is O=C(O)C1=NN(c2ccc(S(=O)(=O)O)cc2)C(=O)[C@H]1N=Nc1ccc(Nc2nc(Cl)nc(Cl)n2)cc1S(=O)(=O)O. The van der Waals surface area contributed by atoms with Gasteiger partial charge < -0.3 is 10.4 Å². The molecule has 1 aliphatic rings. The second-order valence-corrected chi connectivity index (χ2v) is 11.0. The molecule has 3 aromatic rings. The van der Waals surface area contributed by atoms with Crippen LogP contribution in [0.15, 0.2) is 67.6 Å². The van der Waals surface area contributed by atoms with Crippen LogP contribution < -0.4 is 10.3 Å². The molecule has 0 fully saturated rings. The minimum atomic E-state index is -4.93. The maximum atomic E-state index is 12.9. The van der Waals surface area contributed by atoms with Crippen molar-refractivity contribution < 1.29 is 40.6 Å². The van der Waals surface area contributed by atoms with Gasteiger partial charge in [-0.1, -0.05) is 0 Å². The van der Waals surface area contributed by atoms with Gasteiger partial charge in [-0.05, 0) is 65.7 Å². The van der Waals surface area contributed by atoms with Crippen LogP contribution in [0.3, 0.4) is 0 Å². The Hall–Kier alpha value is -4.14. The minimum absolute atomic E-state index is 0.0224. The molecule has 1 atom stereocenters. The highest BCUT2D eigenvalue weighted by Crippen LogP contribution is 2.31. The second kappa shape index (κ2) is 10.8. The van der Waals surface area contributed by atoms with E-state index in [0.717, 1.165) is 36.4 Å². The fraction of sp³-hybridized carbons (Fsp3) is 0.0526. The van der Waals surface area contributed by atoms with Crippen molar-refractivity contribution in [3.05, 3.63) is 53.0 Å². The molecule has 1 aromatic heterocycles. The van der Waals surface area contributed by atoms with Crippen molar-refractivity contribution in [3.63, 3.8) is 0 Å². The highest BCUT2D eigenvalue weighted by atomic mass is 35.5. The largest absolute Gasteiger partial charge is 0.477 e. The van der Waals surface area contributed by atoms with Crippen LogP contribution in [0.1, 0.15) is 0 Å². The van der Waals surface area contributed by atoms with Crippen molar-refractivity contribution in [3.8, 4) is 0 Å². The molecular formula is C19H12Cl2N8O9S2. The summed E-state index contributed by atoms with van der Waals surface area (Å²) < 4.78 is 65.3. The predicted octanol–water partition coefficient (Wildman–Crippen LogP) is 2.36. The van der Waals surface area contributed by atoms with E-state index in [1.54, 1.807) is 0 Å². The standard InChI is InChI=1S/C19H12Cl2N8O9S2/c20-17-23-18(21)25-19(24-17)22-8-1-6-11(12(7-8)40(36,37)38)26-27-13-14(16(31)32)28-29(15(13)30)9-2-4-10(5-3-9)39(33,34)35/h1-7,13H,(H,31,32)(H,33,34,35)(H,36,37,38)(H,22,23,24,25)/t13-/m0/s1. The van der Waals surface area contributed by atoms with Crippen molar-refractivity contribution in [2.75, 3.05) is 10.3 Å². The zero-order valence-corrected chi connectivity index (χ0v) is 22.3. The molecule has 40 heavy (non-hydrogen) atoms. The summed E-state index contributed by atoms with van der Waals surface area (Å²) >= 11 is 11.4. The van der Waals surface area contributed by atoms with E-state index >= 15 is 0 Å². The Bertz CT molecular complexity index is 1800. The Balaban J connectivity index is 1.65. The van der Waals surface area contributed by atoms with E-state index in [1.165, 1.54) is 6.07 Å². The third-order valence-corrected chi connectivity index (χ3v) is 6.95. The number of carboxylic acid groups (broad SMARTS) is 1. The summed E-state index contributed by atoms with van der Waals surface area (Å²) in [5.74, 6) is -2.85. The van der Waals surface area contributed by atoms with Crippen molar-refractivity contribution in [2.24, 2.45) is 15.3 Å². The number of nitrogens with one attached hydrogen (secondary N) is 1. The number of carbonyl (C=O) groups excluding carboxylic acids is 1. The zero-order valence-electron chi connectivity index (χ0n) is 19.1. The summed E-state index contributed by atoms with van der Waals surface area (Å²) in [6, 6.07) is 5.48. The normalized spacial score (nSPS) is 15.9. The van der Waals surface area contributed by atoms with E-state index in [9.17, 15) is 36.1 Å². The van der Waals surface area contributed by atoms with Crippen LogP contribution in [0, 0.1) is 0 Å². The number of halogens is 2. The number of amides is 1. The summed E-state index contributed by atoms with van der Waals surface area (Å²) in [6.45, 7) is 0. The number of nitrogens with zero attached hydrogens (tertiary/aromatic N) is 7. The quantitative estimate of drug-likeness (QED) is 0.206. The number of rotatable bonds is 8. The van der Waals surface area contributed by atoms with Gasteiger partial charge in [0, 0.05) is 5.69 Å². The summed E-state index contributed by atoms with van der Waals surface area (Å²) in [5.41, 5.74) is -1.31. The van der Waals surface area contributed by atoms with Gasteiger partial charge in [-0.25, -0.2) is 4.79 Å². The number of carboxylic acids is 1. The molecule has 2 heterocycles. The third-order valence-electron chi connectivity index (χ3n) is 4.86. The molecule has 17 nitrogen and oxygen atoms in total. The summed E-state index contributed by atoms with van der Waals surface area (Å²) in [6.07, 6.45) is 0. The van der Waals surface area contributed by atoms with E-state index < -0.39 is 59.3 Å². The highest BCUT2D eigenvalue weighted by Gasteiger charge is 2.41. The first-order valence-corrected chi connectivity index (χ1v) is 13.9. The van der Waals surface area contributed by atoms with Crippen LogP contribution in [0.4, 0.5) is 23.0 Å².